The molecule has 2 saturated heterocycles. The lowest BCUT2D eigenvalue weighted by Gasteiger charge is -2.36. The van der Waals surface area contributed by atoms with E-state index in [0.717, 1.165) is 19.4 Å². The summed E-state index contributed by atoms with van der Waals surface area (Å²) in [6, 6.07) is 0. The molecule has 0 aromatic carbocycles. The number of rotatable bonds is 0. The number of Topliss-reactive ketones (excluding diaryl/α,β-unsaturated/α-hetero) is 1. The highest BCUT2D eigenvalue weighted by Crippen LogP contribution is 2.43. The Morgan fingerprint density at radius 3 is 3.00 bits per heavy atom. The van der Waals surface area contributed by atoms with Crippen LogP contribution >= 0.6 is 0 Å². The molecule has 3 heteroatoms. The first-order valence-corrected chi connectivity index (χ1v) is 4.60. The normalized spacial score (nSPS) is 51.2. The second-order valence-corrected chi connectivity index (χ2v) is 4.08. The maximum atomic E-state index is 11.5. The van der Waals surface area contributed by atoms with Crippen LogP contribution in [0.25, 0.3) is 0 Å². The number of carbonyl (C=O) groups excluding carboxylic acids is 1. The molecule has 1 aliphatic carbocycles. The van der Waals surface area contributed by atoms with E-state index in [1.165, 1.54) is 0 Å². The number of carbonyl (C=O) groups is 1. The predicted octanol–water partition coefficient (Wildman–Crippen LogP) is 0.584. The van der Waals surface area contributed by atoms with Gasteiger partial charge < -0.3 is 9.47 Å². The summed E-state index contributed by atoms with van der Waals surface area (Å²) in [6.45, 7) is 1.32. The third-order valence-corrected chi connectivity index (χ3v) is 3.31. The number of ketones is 1. The molecule has 3 rings (SSSR count). The minimum absolute atomic E-state index is 0.0597. The van der Waals surface area contributed by atoms with Crippen molar-refractivity contribution in [3.63, 3.8) is 0 Å². The highest BCUT2D eigenvalue weighted by Gasteiger charge is 2.49. The number of hydrogen-bond donors (Lipinski definition) is 0. The lowest BCUT2D eigenvalue weighted by Crippen LogP contribution is -2.41. The average molecular weight is 168 g/mol. The molecular weight excluding hydrogens is 156 g/mol. The van der Waals surface area contributed by atoms with Gasteiger partial charge >= 0.3 is 0 Å². The Bertz CT molecular complexity index is 226. The van der Waals surface area contributed by atoms with Crippen molar-refractivity contribution in [2.75, 3.05) is 13.2 Å². The van der Waals surface area contributed by atoms with E-state index in [-0.39, 0.29) is 12.2 Å². The summed E-state index contributed by atoms with van der Waals surface area (Å²) in [5, 5.41) is 0. The van der Waals surface area contributed by atoms with E-state index in [1.807, 2.05) is 0 Å². The van der Waals surface area contributed by atoms with Crippen LogP contribution in [-0.2, 0) is 14.3 Å². The first-order valence-electron chi connectivity index (χ1n) is 4.60. The fourth-order valence-corrected chi connectivity index (χ4v) is 2.68. The van der Waals surface area contributed by atoms with Gasteiger partial charge in [0.25, 0.3) is 0 Å². The van der Waals surface area contributed by atoms with E-state index in [9.17, 15) is 4.79 Å². The molecule has 2 heterocycles. The molecular formula is C9H12O3. The zero-order chi connectivity index (χ0) is 8.13. The van der Waals surface area contributed by atoms with Crippen LogP contribution in [0, 0.1) is 17.8 Å². The Morgan fingerprint density at radius 1 is 1.25 bits per heavy atom. The summed E-state index contributed by atoms with van der Waals surface area (Å²) in [6.07, 6.45) is 1.80. The molecule has 1 saturated carbocycles. The van der Waals surface area contributed by atoms with Crippen LogP contribution < -0.4 is 0 Å². The zero-order valence-corrected chi connectivity index (χ0v) is 6.86. The zero-order valence-electron chi connectivity index (χ0n) is 6.86. The van der Waals surface area contributed by atoms with E-state index in [2.05, 4.69) is 0 Å². The summed E-state index contributed by atoms with van der Waals surface area (Å²) in [5.74, 6) is 1.43. The van der Waals surface area contributed by atoms with Crippen LogP contribution in [0.2, 0.25) is 0 Å². The van der Waals surface area contributed by atoms with Crippen LogP contribution in [0.1, 0.15) is 12.8 Å². The highest BCUT2D eigenvalue weighted by molar-refractivity contribution is 5.83. The Labute approximate surface area is 71.0 Å². The maximum absolute atomic E-state index is 11.5. The fourth-order valence-electron chi connectivity index (χ4n) is 2.68. The van der Waals surface area contributed by atoms with Gasteiger partial charge in [-0.1, -0.05) is 0 Å². The summed E-state index contributed by atoms with van der Waals surface area (Å²) >= 11 is 0. The molecule has 0 N–H and O–H groups in total. The molecule has 0 amide bonds. The third-order valence-electron chi connectivity index (χ3n) is 3.31. The summed E-state index contributed by atoms with van der Waals surface area (Å²) in [4.78, 5) is 11.5. The fraction of sp³-hybridized carbons (Fsp3) is 0.889. The van der Waals surface area contributed by atoms with Crippen molar-refractivity contribution in [2.45, 2.75) is 19.1 Å². The lowest BCUT2D eigenvalue weighted by molar-refractivity contribution is -0.174. The average Bonchev–Trinajstić information content (AvgIpc) is 2.48. The first-order chi connectivity index (χ1) is 5.84. The third kappa shape index (κ3) is 0.808. The molecule has 2 bridgehead atoms. The Hall–Kier alpha value is -0.410. The van der Waals surface area contributed by atoms with E-state index in [1.54, 1.807) is 0 Å². The smallest absolute Gasteiger partial charge is 0.161 e. The topological polar surface area (TPSA) is 35.5 Å². The standard InChI is InChI=1S/C9H12O3/c10-8-2-5-1-6-7(8)4-12-9(6)11-3-5/h5-7,9H,1-4H2. The molecule has 4 atom stereocenters. The van der Waals surface area contributed by atoms with Gasteiger partial charge in [0.15, 0.2) is 6.29 Å². The van der Waals surface area contributed by atoms with Crippen molar-refractivity contribution in [1.82, 2.24) is 0 Å². The van der Waals surface area contributed by atoms with Crippen molar-refractivity contribution in [3.05, 3.63) is 0 Å². The first kappa shape index (κ1) is 7.04. The Morgan fingerprint density at radius 2 is 2.08 bits per heavy atom. The van der Waals surface area contributed by atoms with Gasteiger partial charge in [-0.15, -0.1) is 0 Å². The predicted molar refractivity (Wildman–Crippen MR) is 40.4 cm³/mol. The minimum Gasteiger partial charge on any atom is -0.352 e. The van der Waals surface area contributed by atoms with Crippen molar-refractivity contribution >= 4 is 5.78 Å². The second kappa shape index (κ2) is 2.30. The van der Waals surface area contributed by atoms with Crippen molar-refractivity contribution in [3.8, 4) is 0 Å². The van der Waals surface area contributed by atoms with Gasteiger partial charge in [-0.3, -0.25) is 4.79 Å². The molecule has 0 aromatic rings. The van der Waals surface area contributed by atoms with Crippen LogP contribution in [0.4, 0.5) is 0 Å². The molecule has 0 spiro atoms. The Kier molecular flexibility index (Phi) is 1.35. The van der Waals surface area contributed by atoms with Gasteiger partial charge in [0.05, 0.1) is 13.2 Å². The van der Waals surface area contributed by atoms with Gasteiger partial charge in [-0.05, 0) is 12.3 Å². The van der Waals surface area contributed by atoms with Crippen molar-refractivity contribution < 1.29 is 14.3 Å². The maximum Gasteiger partial charge on any atom is 0.161 e. The molecule has 0 aromatic heterocycles. The molecule has 3 fully saturated rings. The lowest BCUT2D eigenvalue weighted by atomic mass is 9.73. The second-order valence-electron chi connectivity index (χ2n) is 4.08. The molecule has 3 nitrogen and oxygen atoms in total. The molecule has 0 radical (unpaired) electrons. The van der Waals surface area contributed by atoms with E-state index in [4.69, 9.17) is 9.47 Å². The van der Waals surface area contributed by atoms with Crippen molar-refractivity contribution in [1.29, 1.82) is 0 Å². The number of hydrogen-bond acceptors (Lipinski definition) is 3. The van der Waals surface area contributed by atoms with E-state index < -0.39 is 0 Å². The van der Waals surface area contributed by atoms with Gasteiger partial charge in [0.1, 0.15) is 5.78 Å². The molecule has 66 valence electrons. The summed E-state index contributed by atoms with van der Waals surface area (Å²) in [5.41, 5.74) is 0. The van der Waals surface area contributed by atoms with Crippen LogP contribution in [0.5, 0.6) is 0 Å². The van der Waals surface area contributed by atoms with Gasteiger partial charge in [-0.25, -0.2) is 0 Å². The quantitative estimate of drug-likeness (QED) is 0.531. The highest BCUT2D eigenvalue weighted by atomic mass is 16.7. The largest absolute Gasteiger partial charge is 0.352 e. The molecule has 2 aliphatic heterocycles. The van der Waals surface area contributed by atoms with Gasteiger partial charge in [0, 0.05) is 18.3 Å². The molecule has 4 unspecified atom stereocenters. The SMILES string of the molecule is O=C1CC2COC3OCC1C3C2. The molecule has 3 aliphatic rings. The minimum atomic E-state index is -0.0597. The van der Waals surface area contributed by atoms with E-state index >= 15 is 0 Å². The van der Waals surface area contributed by atoms with Crippen LogP contribution in [0.15, 0.2) is 0 Å². The summed E-state index contributed by atoms with van der Waals surface area (Å²) in [7, 11) is 0. The van der Waals surface area contributed by atoms with Gasteiger partial charge in [0.2, 0.25) is 0 Å². The van der Waals surface area contributed by atoms with Gasteiger partial charge in [-0.2, -0.15) is 0 Å². The van der Waals surface area contributed by atoms with E-state index in [0.29, 0.717) is 24.2 Å². The summed E-state index contributed by atoms with van der Waals surface area (Å²) < 4.78 is 10.9. The molecule has 12 heavy (non-hydrogen) atoms. The van der Waals surface area contributed by atoms with Crippen molar-refractivity contribution in [2.24, 2.45) is 17.8 Å². The number of ether oxygens (including phenoxy) is 2. The Balaban J connectivity index is 1.93. The van der Waals surface area contributed by atoms with Crippen LogP contribution in [0.3, 0.4) is 0 Å². The van der Waals surface area contributed by atoms with Crippen LogP contribution in [-0.4, -0.2) is 25.3 Å². The monoisotopic (exact) mass is 168 g/mol. The number of fused-ring (bicyclic) bond motifs is 1.